The maximum absolute atomic E-state index is 12.5. The first-order valence-corrected chi connectivity index (χ1v) is 8.59. The van der Waals surface area contributed by atoms with E-state index < -0.39 is 12.0 Å². The number of aryl methyl sites for hydroxylation is 2. The number of nitrogens with two attached hydrogens (primary N) is 1. The van der Waals surface area contributed by atoms with Crippen LogP contribution in [0, 0.1) is 20.8 Å². The van der Waals surface area contributed by atoms with Crippen molar-refractivity contribution >= 4 is 28.2 Å². The van der Waals surface area contributed by atoms with Crippen molar-refractivity contribution in [3.05, 3.63) is 45.8 Å². The van der Waals surface area contributed by atoms with Crippen molar-refractivity contribution in [3.63, 3.8) is 0 Å². The normalized spacial score (nSPS) is 11.8. The summed E-state index contributed by atoms with van der Waals surface area (Å²) in [5.74, 6) is -0.187. The van der Waals surface area contributed by atoms with Crippen molar-refractivity contribution in [1.29, 1.82) is 0 Å². The summed E-state index contributed by atoms with van der Waals surface area (Å²) < 4.78 is 5.79. The molecule has 0 saturated heterocycles. The zero-order chi connectivity index (χ0) is 17.9. The van der Waals surface area contributed by atoms with Crippen molar-refractivity contribution in [3.8, 4) is 5.75 Å². The molecule has 2 amide bonds. The molecular formula is C18H22N2O3S. The number of primary amides is 1. The summed E-state index contributed by atoms with van der Waals surface area (Å²) in [5, 5.41) is 3.27. The van der Waals surface area contributed by atoms with E-state index in [0.717, 1.165) is 16.0 Å². The Kier molecular flexibility index (Phi) is 5.62. The number of anilines is 1. The van der Waals surface area contributed by atoms with E-state index in [1.54, 1.807) is 0 Å². The van der Waals surface area contributed by atoms with E-state index in [2.05, 4.69) is 5.32 Å². The molecule has 1 atom stereocenters. The molecule has 0 spiro atoms. The molecule has 24 heavy (non-hydrogen) atoms. The molecular weight excluding hydrogens is 324 g/mol. The molecule has 0 radical (unpaired) electrons. The summed E-state index contributed by atoms with van der Waals surface area (Å²) in [6.07, 6.45) is -0.134. The Morgan fingerprint density at radius 3 is 2.58 bits per heavy atom. The zero-order valence-corrected chi connectivity index (χ0v) is 15.1. The Morgan fingerprint density at radius 2 is 2.00 bits per heavy atom. The summed E-state index contributed by atoms with van der Waals surface area (Å²) in [5.41, 5.74) is 7.67. The van der Waals surface area contributed by atoms with Gasteiger partial charge < -0.3 is 15.8 Å². The van der Waals surface area contributed by atoms with E-state index in [0.29, 0.717) is 22.7 Å². The van der Waals surface area contributed by atoms with Gasteiger partial charge in [0.1, 0.15) is 10.8 Å². The van der Waals surface area contributed by atoms with Gasteiger partial charge in [-0.2, -0.15) is 0 Å². The third-order valence-electron chi connectivity index (χ3n) is 3.80. The monoisotopic (exact) mass is 346 g/mol. The Hall–Kier alpha value is -2.34. The number of hydrogen-bond acceptors (Lipinski definition) is 4. The number of thiophene rings is 1. The third kappa shape index (κ3) is 3.94. The van der Waals surface area contributed by atoms with Crippen LogP contribution in [0.15, 0.2) is 24.3 Å². The van der Waals surface area contributed by atoms with Crippen LogP contribution < -0.4 is 15.8 Å². The van der Waals surface area contributed by atoms with Gasteiger partial charge in [-0.1, -0.05) is 19.1 Å². The first kappa shape index (κ1) is 18.0. The first-order valence-electron chi connectivity index (χ1n) is 7.77. The summed E-state index contributed by atoms with van der Waals surface area (Å²) in [7, 11) is 0. The Morgan fingerprint density at radius 1 is 1.29 bits per heavy atom. The van der Waals surface area contributed by atoms with E-state index in [1.807, 2.05) is 52.0 Å². The molecule has 0 saturated carbocycles. The van der Waals surface area contributed by atoms with Gasteiger partial charge in [0.2, 0.25) is 0 Å². The molecule has 0 aliphatic rings. The fourth-order valence-corrected chi connectivity index (χ4v) is 3.45. The van der Waals surface area contributed by atoms with E-state index >= 15 is 0 Å². The third-order valence-corrected chi connectivity index (χ3v) is 4.92. The average Bonchev–Trinajstić information content (AvgIpc) is 2.79. The number of benzene rings is 1. The van der Waals surface area contributed by atoms with Crippen molar-refractivity contribution in [2.75, 3.05) is 5.32 Å². The van der Waals surface area contributed by atoms with Gasteiger partial charge in [0.05, 0.1) is 5.56 Å². The fourth-order valence-electron chi connectivity index (χ4n) is 2.38. The van der Waals surface area contributed by atoms with Gasteiger partial charge >= 0.3 is 0 Å². The molecule has 3 N–H and O–H groups in total. The lowest BCUT2D eigenvalue weighted by atomic mass is 10.1. The van der Waals surface area contributed by atoms with Gasteiger partial charge in [0.25, 0.3) is 11.8 Å². The number of carbonyl (C=O) groups is 2. The van der Waals surface area contributed by atoms with Crippen LogP contribution in [0.4, 0.5) is 5.00 Å². The van der Waals surface area contributed by atoms with Gasteiger partial charge in [-0.3, -0.25) is 9.59 Å². The number of nitrogens with one attached hydrogen (secondary N) is 1. The van der Waals surface area contributed by atoms with Gasteiger partial charge in [-0.05, 0) is 50.5 Å². The number of hydrogen-bond donors (Lipinski definition) is 2. The number of ether oxygens (including phenoxy) is 1. The molecule has 0 fully saturated rings. The van der Waals surface area contributed by atoms with Crippen LogP contribution in [-0.4, -0.2) is 17.9 Å². The first-order chi connectivity index (χ1) is 11.3. The van der Waals surface area contributed by atoms with Crippen molar-refractivity contribution < 1.29 is 14.3 Å². The molecule has 0 bridgehead atoms. The largest absolute Gasteiger partial charge is 0.481 e. The van der Waals surface area contributed by atoms with E-state index in [1.165, 1.54) is 11.3 Å². The minimum absolute atomic E-state index is 0.289. The Balaban J connectivity index is 2.18. The SMILES string of the molecule is CC[C@H](Oc1cccc(C)c1)C(=O)Nc1sc(C)c(C)c1C(N)=O. The highest BCUT2D eigenvalue weighted by atomic mass is 32.1. The predicted octanol–water partition coefficient (Wildman–Crippen LogP) is 3.57. The zero-order valence-electron chi connectivity index (χ0n) is 14.3. The molecule has 2 rings (SSSR count). The van der Waals surface area contributed by atoms with Crippen molar-refractivity contribution in [2.24, 2.45) is 5.73 Å². The van der Waals surface area contributed by atoms with Crippen LogP contribution >= 0.6 is 11.3 Å². The summed E-state index contributed by atoms with van der Waals surface area (Å²) in [6.45, 7) is 7.55. The number of carbonyl (C=O) groups excluding carboxylic acids is 2. The quantitative estimate of drug-likeness (QED) is 0.839. The number of amides is 2. The molecule has 0 unspecified atom stereocenters. The molecule has 6 heteroatoms. The number of rotatable bonds is 6. The fraction of sp³-hybridized carbons (Fsp3) is 0.333. The molecule has 1 heterocycles. The highest BCUT2D eigenvalue weighted by molar-refractivity contribution is 7.16. The van der Waals surface area contributed by atoms with Gasteiger partial charge in [0.15, 0.2) is 6.10 Å². The molecule has 0 aliphatic carbocycles. The Bertz CT molecular complexity index is 768. The predicted molar refractivity (Wildman–Crippen MR) is 96.8 cm³/mol. The minimum Gasteiger partial charge on any atom is -0.481 e. The molecule has 128 valence electrons. The van der Waals surface area contributed by atoms with Crippen LogP contribution in [-0.2, 0) is 4.79 Å². The van der Waals surface area contributed by atoms with Crippen molar-refractivity contribution in [2.45, 2.75) is 40.2 Å². The van der Waals surface area contributed by atoms with E-state index in [-0.39, 0.29) is 5.91 Å². The highest BCUT2D eigenvalue weighted by Gasteiger charge is 2.23. The molecule has 5 nitrogen and oxygen atoms in total. The van der Waals surface area contributed by atoms with E-state index in [4.69, 9.17) is 10.5 Å². The van der Waals surface area contributed by atoms with Gasteiger partial charge in [-0.25, -0.2) is 0 Å². The molecule has 2 aromatic rings. The van der Waals surface area contributed by atoms with E-state index in [9.17, 15) is 9.59 Å². The maximum Gasteiger partial charge on any atom is 0.266 e. The van der Waals surface area contributed by atoms with Gasteiger partial charge in [0, 0.05) is 4.88 Å². The van der Waals surface area contributed by atoms with Crippen LogP contribution in [0.1, 0.15) is 39.7 Å². The Labute approximate surface area is 145 Å². The second kappa shape index (κ2) is 7.49. The van der Waals surface area contributed by atoms with Crippen LogP contribution in [0.3, 0.4) is 0 Å². The lowest BCUT2D eigenvalue weighted by Crippen LogP contribution is -2.32. The smallest absolute Gasteiger partial charge is 0.266 e. The maximum atomic E-state index is 12.5. The van der Waals surface area contributed by atoms with Crippen LogP contribution in [0.5, 0.6) is 5.75 Å². The molecule has 0 aliphatic heterocycles. The second-order valence-electron chi connectivity index (χ2n) is 5.67. The highest BCUT2D eigenvalue weighted by Crippen LogP contribution is 2.32. The van der Waals surface area contributed by atoms with Crippen molar-refractivity contribution in [1.82, 2.24) is 0 Å². The average molecular weight is 346 g/mol. The second-order valence-corrected chi connectivity index (χ2v) is 6.90. The van der Waals surface area contributed by atoms with Crippen LogP contribution in [0.25, 0.3) is 0 Å². The molecule has 1 aromatic heterocycles. The minimum atomic E-state index is -0.643. The standard InChI is InChI=1S/C18H22N2O3S/c1-5-14(23-13-8-6-7-10(2)9-13)17(22)20-18-15(16(19)21)11(3)12(4)24-18/h6-9,14H,5H2,1-4H3,(H2,19,21)(H,20,22)/t14-/m0/s1. The lowest BCUT2D eigenvalue weighted by Gasteiger charge is -2.17. The van der Waals surface area contributed by atoms with Gasteiger partial charge in [-0.15, -0.1) is 11.3 Å². The summed E-state index contributed by atoms with van der Waals surface area (Å²) in [6, 6.07) is 7.54. The van der Waals surface area contributed by atoms with Crippen LogP contribution in [0.2, 0.25) is 0 Å². The summed E-state index contributed by atoms with van der Waals surface area (Å²) >= 11 is 1.35. The summed E-state index contributed by atoms with van der Waals surface area (Å²) in [4.78, 5) is 25.1. The topological polar surface area (TPSA) is 81.4 Å². The molecule has 1 aromatic carbocycles. The lowest BCUT2D eigenvalue weighted by molar-refractivity contribution is -0.122.